The van der Waals surface area contributed by atoms with E-state index >= 15 is 0 Å². The zero-order chi connectivity index (χ0) is 12.3. The predicted molar refractivity (Wildman–Crippen MR) is 66.4 cm³/mol. The Morgan fingerprint density at radius 2 is 2.12 bits per heavy atom. The number of halogens is 1. The van der Waals surface area contributed by atoms with E-state index in [0.29, 0.717) is 17.9 Å². The highest BCUT2D eigenvalue weighted by atomic mass is 79.9. The average Bonchev–Trinajstić information content (AvgIpc) is 2.13. The lowest BCUT2D eigenvalue weighted by molar-refractivity contribution is 0.0995. The van der Waals surface area contributed by atoms with Crippen molar-refractivity contribution >= 4 is 21.8 Å². The molecule has 16 heavy (non-hydrogen) atoms. The zero-order valence-corrected chi connectivity index (χ0v) is 10.9. The fraction of sp³-hybridized carbons (Fsp3) is 0.364. The van der Waals surface area contributed by atoms with Crippen molar-refractivity contribution in [2.75, 3.05) is 6.61 Å². The molecule has 0 bridgehead atoms. The van der Waals surface area contributed by atoms with Crippen LogP contribution in [0.15, 0.2) is 22.7 Å². The molecule has 0 saturated carbocycles. The second-order valence-electron chi connectivity index (χ2n) is 4.28. The van der Waals surface area contributed by atoms with Gasteiger partial charge < -0.3 is 16.2 Å². The minimum Gasteiger partial charge on any atom is -0.491 e. The number of hydrogen-bond acceptors (Lipinski definition) is 3. The van der Waals surface area contributed by atoms with Crippen molar-refractivity contribution in [1.82, 2.24) is 0 Å². The molecule has 0 heterocycles. The Labute approximate surface area is 103 Å². The van der Waals surface area contributed by atoms with Crippen molar-refractivity contribution in [2.45, 2.75) is 19.4 Å². The Hall–Kier alpha value is -1.07. The van der Waals surface area contributed by atoms with Gasteiger partial charge in [0.15, 0.2) is 0 Å². The Balaban J connectivity index is 2.93. The lowest BCUT2D eigenvalue weighted by Gasteiger charge is -2.20. The van der Waals surface area contributed by atoms with Crippen LogP contribution in [-0.4, -0.2) is 18.1 Å². The topological polar surface area (TPSA) is 78.3 Å². The molecule has 0 unspecified atom stereocenters. The zero-order valence-electron chi connectivity index (χ0n) is 9.29. The first-order valence-corrected chi connectivity index (χ1v) is 5.60. The highest BCUT2D eigenvalue weighted by Crippen LogP contribution is 2.24. The number of carbonyl (C=O) groups is 1. The van der Waals surface area contributed by atoms with Crippen molar-refractivity contribution in [3.05, 3.63) is 28.2 Å². The summed E-state index contributed by atoms with van der Waals surface area (Å²) in [5, 5.41) is 0. The van der Waals surface area contributed by atoms with E-state index in [0.717, 1.165) is 4.47 Å². The molecule has 4 nitrogen and oxygen atoms in total. The smallest absolute Gasteiger partial charge is 0.252 e. The number of rotatable bonds is 4. The van der Waals surface area contributed by atoms with E-state index in [1.807, 2.05) is 13.8 Å². The molecule has 4 N–H and O–H groups in total. The van der Waals surface area contributed by atoms with Gasteiger partial charge in [0.05, 0.1) is 5.56 Å². The van der Waals surface area contributed by atoms with Gasteiger partial charge in [-0.15, -0.1) is 0 Å². The second kappa shape index (κ2) is 4.84. The molecule has 0 fully saturated rings. The molecule has 88 valence electrons. The maximum absolute atomic E-state index is 11.2. The molecule has 0 aliphatic rings. The number of ether oxygens (including phenoxy) is 1. The van der Waals surface area contributed by atoms with Crippen molar-refractivity contribution in [2.24, 2.45) is 11.5 Å². The molecule has 5 heteroatoms. The van der Waals surface area contributed by atoms with Crippen molar-refractivity contribution in [3.63, 3.8) is 0 Å². The molecule has 0 saturated heterocycles. The SMILES string of the molecule is CC(C)(N)COc1cc(Br)ccc1C(N)=O. The van der Waals surface area contributed by atoms with Gasteiger partial charge in [-0.25, -0.2) is 0 Å². The van der Waals surface area contributed by atoms with Gasteiger partial charge in [0.1, 0.15) is 12.4 Å². The lowest BCUT2D eigenvalue weighted by Crippen LogP contribution is -2.39. The molecular weight excluding hydrogens is 272 g/mol. The number of carbonyl (C=O) groups excluding carboxylic acids is 1. The molecule has 1 rings (SSSR count). The van der Waals surface area contributed by atoms with Crippen LogP contribution in [0.1, 0.15) is 24.2 Å². The van der Waals surface area contributed by atoms with Gasteiger partial charge in [-0.1, -0.05) is 15.9 Å². The standard InChI is InChI=1S/C11H15BrN2O2/c1-11(2,14)6-16-9-5-7(12)3-4-8(9)10(13)15/h3-5H,6,14H2,1-2H3,(H2,13,15). The van der Waals surface area contributed by atoms with Gasteiger partial charge in [-0.05, 0) is 32.0 Å². The van der Waals surface area contributed by atoms with E-state index in [2.05, 4.69) is 15.9 Å². The van der Waals surface area contributed by atoms with Gasteiger partial charge in [0, 0.05) is 10.0 Å². The molecule has 0 radical (unpaired) electrons. The molecule has 0 aromatic heterocycles. The number of hydrogen-bond donors (Lipinski definition) is 2. The summed E-state index contributed by atoms with van der Waals surface area (Å²) in [4.78, 5) is 11.2. The first-order valence-electron chi connectivity index (χ1n) is 4.80. The largest absolute Gasteiger partial charge is 0.491 e. The Morgan fingerprint density at radius 1 is 1.50 bits per heavy atom. The lowest BCUT2D eigenvalue weighted by atomic mass is 10.1. The highest BCUT2D eigenvalue weighted by Gasteiger charge is 2.15. The van der Waals surface area contributed by atoms with Crippen LogP contribution in [0.2, 0.25) is 0 Å². The number of nitrogens with two attached hydrogens (primary N) is 2. The third kappa shape index (κ3) is 3.83. The maximum Gasteiger partial charge on any atom is 0.252 e. The van der Waals surface area contributed by atoms with Gasteiger partial charge in [0.25, 0.3) is 5.91 Å². The van der Waals surface area contributed by atoms with Crippen LogP contribution in [0.3, 0.4) is 0 Å². The summed E-state index contributed by atoms with van der Waals surface area (Å²) < 4.78 is 6.31. The number of benzene rings is 1. The van der Waals surface area contributed by atoms with E-state index in [4.69, 9.17) is 16.2 Å². The van der Waals surface area contributed by atoms with Gasteiger partial charge in [-0.2, -0.15) is 0 Å². The molecule has 0 spiro atoms. The molecule has 1 aromatic rings. The number of primary amides is 1. The van der Waals surface area contributed by atoms with Gasteiger partial charge in [0.2, 0.25) is 0 Å². The third-order valence-corrected chi connectivity index (χ3v) is 2.30. The quantitative estimate of drug-likeness (QED) is 0.884. The molecule has 0 aliphatic carbocycles. The summed E-state index contributed by atoms with van der Waals surface area (Å²) in [5.41, 5.74) is 10.9. The van der Waals surface area contributed by atoms with Crippen molar-refractivity contribution in [1.29, 1.82) is 0 Å². The van der Waals surface area contributed by atoms with E-state index < -0.39 is 11.4 Å². The summed E-state index contributed by atoms with van der Waals surface area (Å²) in [6.07, 6.45) is 0. The first-order chi connectivity index (χ1) is 7.29. The predicted octanol–water partition coefficient (Wildman–Crippen LogP) is 1.66. The molecular formula is C11H15BrN2O2. The van der Waals surface area contributed by atoms with Crippen molar-refractivity contribution in [3.8, 4) is 5.75 Å². The van der Waals surface area contributed by atoms with Crippen molar-refractivity contribution < 1.29 is 9.53 Å². The van der Waals surface area contributed by atoms with E-state index in [-0.39, 0.29) is 0 Å². The van der Waals surface area contributed by atoms with Crippen LogP contribution in [-0.2, 0) is 0 Å². The summed E-state index contributed by atoms with van der Waals surface area (Å²) in [5.74, 6) is -0.0715. The fourth-order valence-electron chi connectivity index (χ4n) is 1.08. The van der Waals surface area contributed by atoms with Crippen LogP contribution in [0.4, 0.5) is 0 Å². The average molecular weight is 287 g/mol. The van der Waals surface area contributed by atoms with Crippen LogP contribution in [0.5, 0.6) is 5.75 Å². The third-order valence-electron chi connectivity index (χ3n) is 1.81. The minimum atomic E-state index is -0.516. The van der Waals surface area contributed by atoms with Crippen LogP contribution < -0.4 is 16.2 Å². The van der Waals surface area contributed by atoms with Crippen LogP contribution >= 0.6 is 15.9 Å². The highest BCUT2D eigenvalue weighted by molar-refractivity contribution is 9.10. The summed E-state index contributed by atoms with van der Waals surface area (Å²) in [6, 6.07) is 5.05. The monoisotopic (exact) mass is 286 g/mol. The molecule has 0 atom stereocenters. The van der Waals surface area contributed by atoms with Crippen LogP contribution in [0.25, 0.3) is 0 Å². The first kappa shape index (κ1) is 13.0. The van der Waals surface area contributed by atoms with Gasteiger partial charge in [-0.3, -0.25) is 4.79 Å². The maximum atomic E-state index is 11.2. The normalized spacial score (nSPS) is 11.2. The van der Waals surface area contributed by atoms with E-state index in [1.165, 1.54) is 0 Å². The molecule has 1 aromatic carbocycles. The fourth-order valence-corrected chi connectivity index (χ4v) is 1.42. The number of amides is 1. The Bertz CT molecular complexity index is 399. The van der Waals surface area contributed by atoms with E-state index in [1.54, 1.807) is 18.2 Å². The summed E-state index contributed by atoms with van der Waals surface area (Å²) in [6.45, 7) is 3.99. The molecule has 0 aliphatic heterocycles. The van der Waals surface area contributed by atoms with Crippen LogP contribution in [0, 0.1) is 0 Å². The van der Waals surface area contributed by atoms with E-state index in [9.17, 15) is 4.79 Å². The minimum absolute atomic E-state index is 0.309. The molecule has 1 amide bonds. The summed E-state index contributed by atoms with van der Waals surface area (Å²) >= 11 is 3.30. The van der Waals surface area contributed by atoms with Gasteiger partial charge >= 0.3 is 0 Å². The Kier molecular flexibility index (Phi) is 3.93. The summed E-state index contributed by atoms with van der Waals surface area (Å²) in [7, 11) is 0. The second-order valence-corrected chi connectivity index (χ2v) is 5.20. The Morgan fingerprint density at radius 3 is 2.62 bits per heavy atom.